The van der Waals surface area contributed by atoms with Crippen LogP contribution in [0.15, 0.2) is 23.1 Å². The van der Waals surface area contributed by atoms with Crippen molar-refractivity contribution >= 4 is 10.0 Å². The molecule has 0 amide bonds. The molecule has 0 bridgehead atoms. The summed E-state index contributed by atoms with van der Waals surface area (Å²) in [7, 11) is -2.23. The van der Waals surface area contributed by atoms with Crippen LogP contribution in [0.4, 0.5) is 0 Å². The third-order valence-corrected chi connectivity index (χ3v) is 5.31. The van der Waals surface area contributed by atoms with Gasteiger partial charge in [0.25, 0.3) is 0 Å². The van der Waals surface area contributed by atoms with Gasteiger partial charge in [-0.1, -0.05) is 17.9 Å². The zero-order chi connectivity index (χ0) is 16.0. The molecular formula is C15H21NO4S. The van der Waals surface area contributed by atoms with Gasteiger partial charge in [-0.15, -0.1) is 0 Å². The minimum absolute atomic E-state index is 0.0270. The fraction of sp³-hybridized carbons (Fsp3) is 0.467. The molecule has 1 aromatic rings. The van der Waals surface area contributed by atoms with Crippen molar-refractivity contribution in [3.63, 3.8) is 0 Å². The number of nitrogens with zero attached hydrogens (tertiary/aromatic N) is 1. The summed E-state index contributed by atoms with van der Waals surface area (Å²) < 4.78 is 26.3. The number of sulfonamides is 1. The summed E-state index contributed by atoms with van der Waals surface area (Å²) in [4.78, 5) is 0.182. The third kappa shape index (κ3) is 4.29. The molecule has 2 N–H and O–H groups in total. The quantitative estimate of drug-likeness (QED) is 0.786. The van der Waals surface area contributed by atoms with Crippen LogP contribution in [0.25, 0.3) is 0 Å². The van der Waals surface area contributed by atoms with Crippen LogP contribution in [-0.4, -0.2) is 49.2 Å². The topological polar surface area (TPSA) is 77.8 Å². The largest absolute Gasteiger partial charge is 0.395 e. The number of aryl methyl sites for hydroxylation is 1. The Hall–Kier alpha value is -1.39. The van der Waals surface area contributed by atoms with E-state index in [4.69, 9.17) is 10.2 Å². The molecule has 0 aliphatic heterocycles. The van der Waals surface area contributed by atoms with Gasteiger partial charge in [-0.2, -0.15) is 4.31 Å². The van der Waals surface area contributed by atoms with E-state index in [9.17, 15) is 8.42 Å². The van der Waals surface area contributed by atoms with Gasteiger partial charge in [0, 0.05) is 25.1 Å². The average Bonchev–Trinajstić information content (AvgIpc) is 2.47. The molecule has 0 spiro atoms. The summed E-state index contributed by atoms with van der Waals surface area (Å²) in [6.45, 7) is 3.08. The molecule has 0 aliphatic carbocycles. The van der Waals surface area contributed by atoms with Gasteiger partial charge in [-0.05, 0) is 31.5 Å². The van der Waals surface area contributed by atoms with Crippen molar-refractivity contribution in [3.05, 3.63) is 29.3 Å². The fourth-order valence-corrected chi connectivity index (χ4v) is 3.28. The lowest BCUT2D eigenvalue weighted by Gasteiger charge is -2.23. The second-order valence-electron chi connectivity index (χ2n) is 4.81. The summed E-state index contributed by atoms with van der Waals surface area (Å²) in [6.07, 6.45) is 0.345. The molecular weight excluding hydrogens is 290 g/mol. The molecule has 21 heavy (non-hydrogen) atoms. The summed E-state index contributed by atoms with van der Waals surface area (Å²) in [5.74, 6) is 5.59. The number of rotatable bonds is 5. The number of hydrogen-bond acceptors (Lipinski definition) is 4. The number of aliphatic hydroxyl groups excluding tert-OH is 2. The van der Waals surface area contributed by atoms with E-state index in [0.29, 0.717) is 17.5 Å². The molecule has 1 atom stereocenters. The highest BCUT2D eigenvalue weighted by molar-refractivity contribution is 7.89. The van der Waals surface area contributed by atoms with Gasteiger partial charge in [0.2, 0.25) is 10.0 Å². The molecule has 0 saturated heterocycles. The molecule has 0 saturated carbocycles. The maximum Gasteiger partial charge on any atom is 0.243 e. The highest BCUT2D eigenvalue weighted by atomic mass is 32.2. The SMILES string of the molecule is Cc1ccc(C#CCCO)cc1S(=O)(=O)N(C)C(C)CO. The van der Waals surface area contributed by atoms with Crippen molar-refractivity contribution in [2.24, 2.45) is 0 Å². The van der Waals surface area contributed by atoms with Gasteiger partial charge >= 0.3 is 0 Å². The Morgan fingerprint density at radius 1 is 1.33 bits per heavy atom. The minimum atomic E-state index is -3.68. The van der Waals surface area contributed by atoms with E-state index in [1.165, 1.54) is 13.1 Å². The molecule has 0 heterocycles. The molecule has 0 radical (unpaired) electrons. The van der Waals surface area contributed by atoms with Crippen molar-refractivity contribution < 1.29 is 18.6 Å². The molecule has 0 aromatic heterocycles. The summed E-state index contributed by atoms with van der Waals surface area (Å²) >= 11 is 0. The van der Waals surface area contributed by atoms with Crippen LogP contribution in [0.1, 0.15) is 24.5 Å². The number of hydrogen-bond donors (Lipinski definition) is 2. The predicted molar refractivity (Wildman–Crippen MR) is 81.3 cm³/mol. The van der Waals surface area contributed by atoms with Crippen LogP contribution in [0.3, 0.4) is 0 Å². The molecule has 5 nitrogen and oxygen atoms in total. The predicted octanol–water partition coefficient (Wildman–Crippen LogP) is 0.730. The molecule has 1 aromatic carbocycles. The van der Waals surface area contributed by atoms with E-state index in [0.717, 1.165) is 4.31 Å². The van der Waals surface area contributed by atoms with Gasteiger partial charge in [0.1, 0.15) is 0 Å². The first-order valence-electron chi connectivity index (χ1n) is 6.64. The Bertz CT molecular complexity index is 643. The van der Waals surface area contributed by atoms with Crippen molar-refractivity contribution in [2.45, 2.75) is 31.2 Å². The first-order chi connectivity index (χ1) is 9.84. The Balaban J connectivity index is 3.24. The maximum atomic E-state index is 12.6. The van der Waals surface area contributed by atoms with Crippen LogP contribution in [0.5, 0.6) is 0 Å². The summed E-state index contributed by atoms with van der Waals surface area (Å²) in [5, 5.41) is 17.8. The summed E-state index contributed by atoms with van der Waals surface area (Å²) in [5.41, 5.74) is 1.21. The Morgan fingerprint density at radius 2 is 2.00 bits per heavy atom. The Kier molecular flexibility index (Phi) is 6.37. The average molecular weight is 311 g/mol. The van der Waals surface area contributed by atoms with E-state index < -0.39 is 16.1 Å². The van der Waals surface area contributed by atoms with Crippen LogP contribution in [0.2, 0.25) is 0 Å². The van der Waals surface area contributed by atoms with Gasteiger partial charge in [0.05, 0.1) is 18.1 Å². The van der Waals surface area contributed by atoms with Gasteiger partial charge in [-0.3, -0.25) is 0 Å². The molecule has 0 fully saturated rings. The van der Waals surface area contributed by atoms with Gasteiger partial charge < -0.3 is 10.2 Å². The smallest absolute Gasteiger partial charge is 0.243 e. The van der Waals surface area contributed by atoms with Gasteiger partial charge in [0.15, 0.2) is 0 Å². The minimum Gasteiger partial charge on any atom is -0.395 e. The molecule has 116 valence electrons. The number of likely N-dealkylation sites (N-methyl/N-ethyl adjacent to an activating group) is 1. The maximum absolute atomic E-state index is 12.6. The van der Waals surface area contributed by atoms with Crippen LogP contribution in [-0.2, 0) is 10.0 Å². The highest BCUT2D eigenvalue weighted by Crippen LogP contribution is 2.21. The Morgan fingerprint density at radius 3 is 2.57 bits per heavy atom. The van der Waals surface area contributed by atoms with Crippen LogP contribution >= 0.6 is 0 Å². The zero-order valence-corrected chi connectivity index (χ0v) is 13.3. The number of aliphatic hydroxyl groups is 2. The molecule has 1 rings (SSSR count). The summed E-state index contributed by atoms with van der Waals surface area (Å²) in [6, 6.07) is 4.47. The fourth-order valence-electron chi connectivity index (χ4n) is 1.68. The first-order valence-corrected chi connectivity index (χ1v) is 8.08. The number of benzene rings is 1. The highest BCUT2D eigenvalue weighted by Gasteiger charge is 2.26. The molecule has 0 aliphatic rings. The van der Waals surface area contributed by atoms with Crippen molar-refractivity contribution in [2.75, 3.05) is 20.3 Å². The van der Waals surface area contributed by atoms with E-state index in [1.54, 1.807) is 26.0 Å². The second kappa shape index (κ2) is 7.57. The van der Waals surface area contributed by atoms with Crippen molar-refractivity contribution in [3.8, 4) is 11.8 Å². The lowest BCUT2D eigenvalue weighted by Crippen LogP contribution is -2.37. The van der Waals surface area contributed by atoms with Crippen molar-refractivity contribution in [1.82, 2.24) is 4.31 Å². The monoisotopic (exact) mass is 311 g/mol. The van der Waals surface area contributed by atoms with Crippen molar-refractivity contribution in [1.29, 1.82) is 0 Å². The Labute approximate surface area is 126 Å². The standard InChI is InChI=1S/C15H21NO4S/c1-12-7-8-14(6-4-5-9-17)10-15(12)21(19,20)16(3)13(2)11-18/h7-8,10,13,17-18H,5,9,11H2,1-3H3. The molecule has 6 heteroatoms. The lowest BCUT2D eigenvalue weighted by atomic mass is 10.1. The normalized spacial score (nSPS) is 12.9. The van der Waals surface area contributed by atoms with Crippen LogP contribution < -0.4 is 0 Å². The first kappa shape index (κ1) is 17.7. The van der Waals surface area contributed by atoms with E-state index in [1.807, 2.05) is 0 Å². The van der Waals surface area contributed by atoms with Gasteiger partial charge in [-0.25, -0.2) is 8.42 Å². The second-order valence-corrected chi connectivity index (χ2v) is 6.77. The zero-order valence-electron chi connectivity index (χ0n) is 12.5. The van der Waals surface area contributed by atoms with E-state index in [2.05, 4.69) is 11.8 Å². The van der Waals surface area contributed by atoms with Crippen LogP contribution in [0, 0.1) is 18.8 Å². The van der Waals surface area contributed by atoms with E-state index >= 15 is 0 Å². The third-order valence-electron chi connectivity index (χ3n) is 3.20. The van der Waals surface area contributed by atoms with E-state index in [-0.39, 0.29) is 18.1 Å². The lowest BCUT2D eigenvalue weighted by molar-refractivity contribution is 0.214. The molecule has 1 unspecified atom stereocenters.